The number of carbonyl (C=O) groups is 1. The van der Waals surface area contributed by atoms with Gasteiger partial charge in [0.15, 0.2) is 5.76 Å². The Morgan fingerprint density at radius 3 is 2.15 bits per heavy atom. The molecule has 0 unspecified atom stereocenters. The Hall–Kier alpha value is -3.40. The molecular formula is C23H18FNO2. The van der Waals surface area contributed by atoms with E-state index in [0.717, 1.165) is 16.7 Å². The van der Waals surface area contributed by atoms with Gasteiger partial charge in [-0.25, -0.2) is 4.39 Å². The maximum atomic E-state index is 13.4. The fourth-order valence-corrected chi connectivity index (χ4v) is 3.45. The second-order valence-corrected chi connectivity index (χ2v) is 6.59. The molecule has 0 spiro atoms. The standard InChI is InChI=1S/C23H18FNO2/c1-15-7-9-16(10-8-15)20-21(17-5-3-2-4-6-17)25(23(27)22(20)26)19-13-11-18(24)12-14-19/h2-14,21,26H,1H3/t21-/m0/s1. The molecule has 1 aliphatic heterocycles. The Balaban J connectivity index is 1.89. The topological polar surface area (TPSA) is 40.5 Å². The summed E-state index contributed by atoms with van der Waals surface area (Å²) in [5, 5.41) is 10.7. The monoisotopic (exact) mass is 359 g/mol. The highest BCUT2D eigenvalue weighted by Gasteiger charge is 2.41. The highest BCUT2D eigenvalue weighted by Crippen LogP contribution is 2.45. The van der Waals surface area contributed by atoms with Gasteiger partial charge in [0, 0.05) is 11.3 Å². The van der Waals surface area contributed by atoms with Crippen molar-refractivity contribution >= 4 is 17.2 Å². The molecule has 0 fully saturated rings. The second kappa shape index (κ2) is 6.72. The van der Waals surface area contributed by atoms with E-state index < -0.39 is 11.9 Å². The summed E-state index contributed by atoms with van der Waals surface area (Å²) < 4.78 is 13.4. The molecule has 0 radical (unpaired) electrons. The summed E-state index contributed by atoms with van der Waals surface area (Å²) in [6.07, 6.45) is 0. The number of nitrogens with zero attached hydrogens (tertiary/aromatic N) is 1. The van der Waals surface area contributed by atoms with Gasteiger partial charge in [-0.1, -0.05) is 60.2 Å². The molecule has 3 nitrogen and oxygen atoms in total. The van der Waals surface area contributed by atoms with Crippen molar-refractivity contribution in [2.45, 2.75) is 13.0 Å². The van der Waals surface area contributed by atoms with Gasteiger partial charge in [0.2, 0.25) is 0 Å². The van der Waals surface area contributed by atoms with E-state index in [1.54, 1.807) is 12.1 Å². The van der Waals surface area contributed by atoms with E-state index in [4.69, 9.17) is 0 Å². The van der Waals surface area contributed by atoms with Crippen LogP contribution in [0.4, 0.5) is 10.1 Å². The van der Waals surface area contributed by atoms with Crippen molar-refractivity contribution in [2.75, 3.05) is 4.90 Å². The predicted molar refractivity (Wildman–Crippen MR) is 104 cm³/mol. The van der Waals surface area contributed by atoms with Crippen molar-refractivity contribution in [3.8, 4) is 0 Å². The molecule has 27 heavy (non-hydrogen) atoms. The lowest BCUT2D eigenvalue weighted by Crippen LogP contribution is -2.30. The summed E-state index contributed by atoms with van der Waals surface area (Å²) in [5.41, 5.74) is 3.83. The molecule has 3 aromatic carbocycles. The smallest absolute Gasteiger partial charge is 0.294 e. The summed E-state index contributed by atoms with van der Waals surface area (Å²) in [5.74, 6) is -1.15. The van der Waals surface area contributed by atoms with Crippen LogP contribution in [0.5, 0.6) is 0 Å². The van der Waals surface area contributed by atoms with Gasteiger partial charge in [-0.15, -0.1) is 0 Å². The number of anilines is 1. The van der Waals surface area contributed by atoms with Crippen LogP contribution in [0.25, 0.3) is 5.57 Å². The van der Waals surface area contributed by atoms with E-state index in [9.17, 15) is 14.3 Å². The van der Waals surface area contributed by atoms with E-state index in [0.29, 0.717) is 11.3 Å². The van der Waals surface area contributed by atoms with Crippen molar-refractivity contribution in [3.05, 3.63) is 107 Å². The Kier molecular flexibility index (Phi) is 4.24. The fraction of sp³-hybridized carbons (Fsp3) is 0.0870. The zero-order valence-electron chi connectivity index (χ0n) is 14.8. The van der Waals surface area contributed by atoms with Crippen molar-refractivity contribution in [3.63, 3.8) is 0 Å². The average molecular weight is 359 g/mol. The molecule has 4 rings (SSSR count). The number of aryl methyl sites for hydroxylation is 1. The third kappa shape index (κ3) is 2.99. The number of aliphatic hydroxyl groups excluding tert-OH is 1. The van der Waals surface area contributed by atoms with E-state index in [1.807, 2.05) is 61.5 Å². The van der Waals surface area contributed by atoms with Crippen molar-refractivity contribution in [1.82, 2.24) is 0 Å². The fourth-order valence-electron chi connectivity index (χ4n) is 3.45. The Morgan fingerprint density at radius 2 is 1.52 bits per heavy atom. The minimum absolute atomic E-state index is 0.281. The molecule has 0 aliphatic carbocycles. The van der Waals surface area contributed by atoms with Crippen LogP contribution in [0, 0.1) is 12.7 Å². The van der Waals surface area contributed by atoms with E-state index in [1.165, 1.54) is 17.0 Å². The first kappa shape index (κ1) is 17.0. The van der Waals surface area contributed by atoms with Gasteiger partial charge in [0.05, 0.1) is 6.04 Å². The summed E-state index contributed by atoms with van der Waals surface area (Å²) >= 11 is 0. The Bertz CT molecular complexity index is 1010. The zero-order chi connectivity index (χ0) is 19.0. The molecule has 0 saturated carbocycles. The van der Waals surface area contributed by atoms with Gasteiger partial charge in [-0.05, 0) is 42.3 Å². The minimum Gasteiger partial charge on any atom is -0.503 e. The molecule has 1 aliphatic rings. The number of carbonyl (C=O) groups excluding carboxylic acids is 1. The molecule has 1 amide bonds. The molecule has 1 heterocycles. The van der Waals surface area contributed by atoms with Crippen LogP contribution >= 0.6 is 0 Å². The number of rotatable bonds is 3. The van der Waals surface area contributed by atoms with Crippen LogP contribution in [-0.4, -0.2) is 11.0 Å². The average Bonchev–Trinajstić information content (AvgIpc) is 2.95. The largest absolute Gasteiger partial charge is 0.503 e. The molecule has 1 N–H and O–H groups in total. The van der Waals surface area contributed by atoms with Gasteiger partial charge >= 0.3 is 0 Å². The maximum absolute atomic E-state index is 13.4. The van der Waals surface area contributed by atoms with Crippen LogP contribution in [0.1, 0.15) is 22.7 Å². The maximum Gasteiger partial charge on any atom is 0.294 e. The van der Waals surface area contributed by atoms with Crippen LogP contribution in [0.2, 0.25) is 0 Å². The normalized spacial score (nSPS) is 16.9. The number of benzene rings is 3. The summed E-state index contributed by atoms with van der Waals surface area (Å²) in [7, 11) is 0. The summed E-state index contributed by atoms with van der Waals surface area (Å²) in [6, 6.07) is 22.4. The Morgan fingerprint density at radius 1 is 0.889 bits per heavy atom. The SMILES string of the molecule is Cc1ccc(C2=C(O)C(=O)N(c3ccc(F)cc3)[C@H]2c2ccccc2)cc1. The molecular weight excluding hydrogens is 341 g/mol. The lowest BCUT2D eigenvalue weighted by Gasteiger charge is -2.27. The van der Waals surface area contributed by atoms with Crippen molar-refractivity contribution < 1.29 is 14.3 Å². The summed E-state index contributed by atoms with van der Waals surface area (Å²) in [4.78, 5) is 14.5. The van der Waals surface area contributed by atoms with Crippen LogP contribution in [-0.2, 0) is 4.79 Å². The highest BCUT2D eigenvalue weighted by molar-refractivity contribution is 6.15. The molecule has 0 aromatic heterocycles. The van der Waals surface area contributed by atoms with Gasteiger partial charge in [0.25, 0.3) is 5.91 Å². The third-order valence-electron chi connectivity index (χ3n) is 4.79. The lowest BCUT2D eigenvalue weighted by atomic mass is 9.93. The number of amides is 1. The van der Waals surface area contributed by atoms with E-state index in [2.05, 4.69) is 0 Å². The second-order valence-electron chi connectivity index (χ2n) is 6.59. The van der Waals surface area contributed by atoms with Gasteiger partial charge in [-0.3, -0.25) is 9.69 Å². The molecule has 4 heteroatoms. The molecule has 0 saturated heterocycles. The number of hydrogen-bond acceptors (Lipinski definition) is 2. The minimum atomic E-state index is -0.494. The zero-order valence-corrected chi connectivity index (χ0v) is 14.8. The molecule has 0 bridgehead atoms. The predicted octanol–water partition coefficient (Wildman–Crippen LogP) is 5.19. The lowest BCUT2D eigenvalue weighted by molar-refractivity contribution is -0.117. The quantitative estimate of drug-likeness (QED) is 0.699. The number of halogens is 1. The van der Waals surface area contributed by atoms with Crippen molar-refractivity contribution in [1.29, 1.82) is 0 Å². The first-order valence-corrected chi connectivity index (χ1v) is 8.70. The highest BCUT2D eigenvalue weighted by atomic mass is 19.1. The van der Waals surface area contributed by atoms with Gasteiger partial charge in [-0.2, -0.15) is 0 Å². The van der Waals surface area contributed by atoms with E-state index >= 15 is 0 Å². The third-order valence-corrected chi connectivity index (χ3v) is 4.79. The number of aliphatic hydroxyl groups is 1. The first-order valence-electron chi connectivity index (χ1n) is 8.70. The Labute approximate surface area is 157 Å². The molecule has 1 atom stereocenters. The summed E-state index contributed by atoms with van der Waals surface area (Å²) in [6.45, 7) is 1.98. The molecule has 134 valence electrons. The van der Waals surface area contributed by atoms with Crippen LogP contribution in [0.3, 0.4) is 0 Å². The number of hydrogen-bond donors (Lipinski definition) is 1. The van der Waals surface area contributed by atoms with Gasteiger partial charge in [0.1, 0.15) is 5.82 Å². The first-order chi connectivity index (χ1) is 13.1. The van der Waals surface area contributed by atoms with Gasteiger partial charge < -0.3 is 5.11 Å². The van der Waals surface area contributed by atoms with Crippen LogP contribution < -0.4 is 4.90 Å². The molecule has 3 aromatic rings. The van der Waals surface area contributed by atoms with Crippen molar-refractivity contribution in [2.24, 2.45) is 0 Å². The van der Waals surface area contributed by atoms with Crippen LogP contribution in [0.15, 0.2) is 84.6 Å². The van der Waals surface area contributed by atoms with E-state index in [-0.39, 0.29) is 11.6 Å².